The summed E-state index contributed by atoms with van der Waals surface area (Å²) in [6, 6.07) is 8.80. The zero-order chi connectivity index (χ0) is 16.2. The third kappa shape index (κ3) is 4.15. The zero-order valence-corrected chi connectivity index (χ0v) is 11.3. The molecule has 0 unspecified atom stereocenters. The molecular formula is C15H13F3N2O2. The molecule has 0 atom stereocenters. The Kier molecular flexibility index (Phi) is 4.55. The molecule has 4 nitrogen and oxygen atoms in total. The lowest BCUT2D eigenvalue weighted by atomic mass is 10.1. The van der Waals surface area contributed by atoms with Crippen molar-refractivity contribution in [1.82, 2.24) is 5.43 Å². The Bertz CT molecular complexity index is 667. The van der Waals surface area contributed by atoms with Crippen LogP contribution in [0.4, 0.5) is 13.2 Å². The normalized spacial score (nSPS) is 11.8. The Hall–Kier alpha value is -2.70. The van der Waals surface area contributed by atoms with Gasteiger partial charge in [-0.2, -0.15) is 18.3 Å². The monoisotopic (exact) mass is 310 g/mol. The van der Waals surface area contributed by atoms with Gasteiger partial charge in [-0.25, -0.2) is 0 Å². The van der Waals surface area contributed by atoms with Gasteiger partial charge < -0.3 is 15.6 Å². The second-order valence-electron chi connectivity index (χ2n) is 4.53. The molecule has 0 heterocycles. The van der Waals surface area contributed by atoms with Crippen molar-refractivity contribution in [2.24, 2.45) is 5.10 Å². The first-order chi connectivity index (χ1) is 10.4. The molecule has 0 spiro atoms. The van der Waals surface area contributed by atoms with Crippen LogP contribution in [0, 0.1) is 0 Å². The van der Waals surface area contributed by atoms with Crippen molar-refractivity contribution < 1.29 is 23.4 Å². The van der Waals surface area contributed by atoms with Crippen LogP contribution in [0.15, 0.2) is 47.6 Å². The van der Waals surface area contributed by atoms with E-state index in [4.69, 9.17) is 5.11 Å². The van der Waals surface area contributed by atoms with Crippen molar-refractivity contribution >= 4 is 6.21 Å². The highest BCUT2D eigenvalue weighted by Crippen LogP contribution is 2.29. The van der Waals surface area contributed by atoms with Crippen molar-refractivity contribution in [2.45, 2.75) is 12.7 Å². The summed E-state index contributed by atoms with van der Waals surface area (Å²) in [4.78, 5) is 0. The maximum absolute atomic E-state index is 12.4. The summed E-state index contributed by atoms with van der Waals surface area (Å²) in [7, 11) is 0. The number of phenolic OH excluding ortho intramolecular Hbond substituents is 2. The van der Waals surface area contributed by atoms with Crippen LogP contribution in [0.25, 0.3) is 0 Å². The summed E-state index contributed by atoms with van der Waals surface area (Å²) in [5.74, 6) is -0.188. The van der Waals surface area contributed by atoms with Gasteiger partial charge >= 0.3 is 6.18 Å². The minimum atomic E-state index is -4.35. The molecule has 116 valence electrons. The molecule has 7 heteroatoms. The fourth-order valence-electron chi connectivity index (χ4n) is 1.70. The summed E-state index contributed by atoms with van der Waals surface area (Å²) in [6.45, 7) is 0.244. The number of halogens is 3. The van der Waals surface area contributed by atoms with Crippen LogP contribution in [0.3, 0.4) is 0 Å². The van der Waals surface area contributed by atoms with Gasteiger partial charge in [-0.3, -0.25) is 0 Å². The maximum Gasteiger partial charge on any atom is 0.416 e. The number of benzene rings is 2. The number of nitrogens with one attached hydrogen (secondary N) is 1. The molecule has 0 bridgehead atoms. The van der Waals surface area contributed by atoms with Crippen LogP contribution in [-0.2, 0) is 12.7 Å². The van der Waals surface area contributed by atoms with Crippen LogP contribution >= 0.6 is 0 Å². The van der Waals surface area contributed by atoms with Crippen molar-refractivity contribution in [3.63, 3.8) is 0 Å². The fourth-order valence-corrected chi connectivity index (χ4v) is 1.70. The SMILES string of the molecule is Oc1ccc(/C=N/NCc2ccc(C(F)(F)F)cc2)c(O)c1. The van der Waals surface area contributed by atoms with Crippen LogP contribution in [0.5, 0.6) is 11.5 Å². The number of rotatable bonds is 4. The average molecular weight is 310 g/mol. The largest absolute Gasteiger partial charge is 0.508 e. The average Bonchev–Trinajstić information content (AvgIpc) is 2.45. The summed E-state index contributed by atoms with van der Waals surface area (Å²) >= 11 is 0. The van der Waals surface area contributed by atoms with Crippen molar-refractivity contribution in [3.8, 4) is 11.5 Å². The molecule has 0 aliphatic carbocycles. The second-order valence-corrected chi connectivity index (χ2v) is 4.53. The standard InChI is InChI=1S/C15H13F3N2O2/c16-15(17,18)12-4-1-10(2-5-12)8-19-20-9-11-3-6-13(21)7-14(11)22/h1-7,9,19,21-22H,8H2/b20-9+. The van der Waals surface area contributed by atoms with E-state index in [9.17, 15) is 18.3 Å². The van der Waals surface area contributed by atoms with Crippen molar-refractivity contribution in [1.29, 1.82) is 0 Å². The minimum absolute atomic E-state index is 0.0626. The Morgan fingerprint density at radius 3 is 2.32 bits per heavy atom. The number of alkyl halides is 3. The predicted molar refractivity (Wildman–Crippen MR) is 75.6 cm³/mol. The number of hydrazone groups is 1. The molecule has 0 aliphatic heterocycles. The Balaban J connectivity index is 1.92. The summed E-state index contributed by atoms with van der Waals surface area (Å²) in [6.07, 6.45) is -3.00. The van der Waals surface area contributed by atoms with Gasteiger partial charge in [0, 0.05) is 11.6 Å². The molecule has 2 aromatic rings. The van der Waals surface area contributed by atoms with E-state index in [1.165, 1.54) is 36.5 Å². The van der Waals surface area contributed by atoms with Crippen LogP contribution in [0.1, 0.15) is 16.7 Å². The fraction of sp³-hybridized carbons (Fsp3) is 0.133. The number of nitrogens with zero attached hydrogens (tertiary/aromatic N) is 1. The Morgan fingerprint density at radius 2 is 1.73 bits per heavy atom. The van der Waals surface area contributed by atoms with E-state index in [2.05, 4.69) is 10.5 Å². The molecule has 0 fully saturated rings. The molecule has 0 radical (unpaired) electrons. The third-order valence-electron chi connectivity index (χ3n) is 2.87. The minimum Gasteiger partial charge on any atom is -0.508 e. The van der Waals surface area contributed by atoms with Gasteiger partial charge in [-0.1, -0.05) is 12.1 Å². The Morgan fingerprint density at radius 1 is 1.05 bits per heavy atom. The quantitative estimate of drug-likeness (QED) is 0.600. The molecule has 2 aromatic carbocycles. The maximum atomic E-state index is 12.4. The lowest BCUT2D eigenvalue weighted by Gasteiger charge is -2.07. The molecule has 0 aromatic heterocycles. The van der Waals surface area contributed by atoms with Gasteiger partial charge in [-0.05, 0) is 29.8 Å². The lowest BCUT2D eigenvalue weighted by Crippen LogP contribution is -2.08. The smallest absolute Gasteiger partial charge is 0.416 e. The summed E-state index contributed by atoms with van der Waals surface area (Å²) in [5.41, 5.74) is 3.00. The number of phenols is 2. The zero-order valence-electron chi connectivity index (χ0n) is 11.3. The highest BCUT2D eigenvalue weighted by atomic mass is 19.4. The van der Waals surface area contributed by atoms with Gasteiger partial charge in [0.1, 0.15) is 11.5 Å². The number of aromatic hydroxyl groups is 2. The number of hydrogen-bond donors (Lipinski definition) is 3. The summed E-state index contributed by atoms with van der Waals surface area (Å²) < 4.78 is 37.2. The molecule has 0 saturated carbocycles. The van der Waals surface area contributed by atoms with E-state index in [0.717, 1.165) is 12.1 Å². The molecule has 22 heavy (non-hydrogen) atoms. The highest BCUT2D eigenvalue weighted by Gasteiger charge is 2.29. The lowest BCUT2D eigenvalue weighted by molar-refractivity contribution is -0.137. The van der Waals surface area contributed by atoms with E-state index in [-0.39, 0.29) is 18.0 Å². The van der Waals surface area contributed by atoms with E-state index in [1.54, 1.807) is 0 Å². The molecule has 0 saturated heterocycles. The van der Waals surface area contributed by atoms with Gasteiger partial charge in [0.25, 0.3) is 0 Å². The van der Waals surface area contributed by atoms with E-state index in [0.29, 0.717) is 11.1 Å². The molecule has 0 aliphatic rings. The first kappa shape index (κ1) is 15.7. The van der Waals surface area contributed by atoms with Crippen LogP contribution < -0.4 is 5.43 Å². The highest BCUT2D eigenvalue weighted by molar-refractivity contribution is 5.83. The molecule has 0 amide bonds. The Labute approximate surface area is 124 Å². The van der Waals surface area contributed by atoms with Crippen LogP contribution in [0.2, 0.25) is 0 Å². The topological polar surface area (TPSA) is 64.9 Å². The summed E-state index contributed by atoms with van der Waals surface area (Å²) in [5, 5.41) is 22.5. The number of hydrogen-bond acceptors (Lipinski definition) is 4. The van der Waals surface area contributed by atoms with Crippen molar-refractivity contribution in [3.05, 3.63) is 59.2 Å². The third-order valence-corrected chi connectivity index (χ3v) is 2.87. The van der Waals surface area contributed by atoms with Gasteiger partial charge in [-0.15, -0.1) is 0 Å². The van der Waals surface area contributed by atoms with E-state index >= 15 is 0 Å². The van der Waals surface area contributed by atoms with Crippen molar-refractivity contribution in [2.75, 3.05) is 0 Å². The molecule has 2 rings (SSSR count). The second kappa shape index (κ2) is 6.38. The first-order valence-electron chi connectivity index (χ1n) is 6.30. The molecule has 3 N–H and O–H groups in total. The molecular weight excluding hydrogens is 297 g/mol. The van der Waals surface area contributed by atoms with E-state index < -0.39 is 11.7 Å². The van der Waals surface area contributed by atoms with Gasteiger partial charge in [0.2, 0.25) is 0 Å². The van der Waals surface area contributed by atoms with Gasteiger partial charge in [0.15, 0.2) is 0 Å². The van der Waals surface area contributed by atoms with E-state index in [1.807, 2.05) is 0 Å². The van der Waals surface area contributed by atoms with Crippen LogP contribution in [-0.4, -0.2) is 16.4 Å². The van der Waals surface area contributed by atoms with Gasteiger partial charge in [0.05, 0.1) is 18.3 Å². The predicted octanol–water partition coefficient (Wildman–Crippen LogP) is 3.24. The first-order valence-corrected chi connectivity index (χ1v) is 6.30.